The van der Waals surface area contributed by atoms with Crippen molar-refractivity contribution in [1.29, 1.82) is 0 Å². The first-order valence-corrected chi connectivity index (χ1v) is 3.50. The van der Waals surface area contributed by atoms with Crippen LogP contribution >= 0.6 is 0 Å². The number of rotatable bonds is 0. The van der Waals surface area contributed by atoms with E-state index in [-0.39, 0.29) is 180 Å². The van der Waals surface area contributed by atoms with Crippen molar-refractivity contribution in [3.63, 3.8) is 0 Å². The number of amides is 2. The molecule has 0 fully saturated rings. The van der Waals surface area contributed by atoms with Crippen LogP contribution < -0.4 is 0 Å². The topological polar surface area (TPSA) is 37.4 Å². The Morgan fingerprint density at radius 1 is 0.650 bits per heavy atom. The standard InChI is InChI=1S/C9H6NO2.8W/c1-10-8(11)6-4-2-3-5-7(6)9(10)12;;;;;;;;/h2-5H,1H2;;;;;;;;/q-1;;;;;;;;. The minimum Gasteiger partial charge on any atom is -0.430 e. The van der Waals surface area contributed by atoms with E-state index in [4.69, 9.17) is 0 Å². The van der Waals surface area contributed by atoms with Crippen LogP contribution in [0, 0.1) is 7.05 Å². The van der Waals surface area contributed by atoms with Crippen LogP contribution in [0.5, 0.6) is 0 Å². The van der Waals surface area contributed by atoms with E-state index in [0.29, 0.717) is 11.1 Å². The first-order valence-electron chi connectivity index (χ1n) is 3.50. The Labute approximate surface area is 233 Å². The van der Waals surface area contributed by atoms with Gasteiger partial charge in [0, 0.05) is 180 Å². The zero-order chi connectivity index (χ0) is 8.72. The van der Waals surface area contributed by atoms with Crippen LogP contribution in [0.3, 0.4) is 0 Å². The molecular formula is C9H6NO2W8-. The molecule has 0 unspecified atom stereocenters. The Kier molecular flexibility index (Phi) is 45.9. The maximum atomic E-state index is 11.2. The van der Waals surface area contributed by atoms with E-state index < -0.39 is 0 Å². The van der Waals surface area contributed by atoms with Gasteiger partial charge in [0.15, 0.2) is 0 Å². The summed E-state index contributed by atoms with van der Waals surface area (Å²) in [5.74, 6) is -0.647. The van der Waals surface area contributed by atoms with Gasteiger partial charge in [0.25, 0.3) is 0 Å². The van der Waals surface area contributed by atoms with Crippen LogP contribution in [0.25, 0.3) is 0 Å². The molecule has 1 aliphatic rings. The average Bonchev–Trinajstić information content (AvgIpc) is 2.33. The first-order chi connectivity index (χ1) is 5.72. The second-order valence-electron chi connectivity index (χ2n) is 2.58. The van der Waals surface area contributed by atoms with E-state index in [1.54, 1.807) is 24.3 Å². The summed E-state index contributed by atoms with van der Waals surface area (Å²) in [7, 11) is 3.35. The smallest absolute Gasteiger partial charge is 0.231 e. The van der Waals surface area contributed by atoms with E-state index in [1.807, 2.05) is 0 Å². The monoisotopic (exact) mass is 1630 g/mol. The van der Waals surface area contributed by atoms with Gasteiger partial charge in [-0.05, 0) is 12.1 Å². The summed E-state index contributed by atoms with van der Waals surface area (Å²) in [6.07, 6.45) is 0. The van der Waals surface area contributed by atoms with Crippen LogP contribution in [0.4, 0.5) is 0 Å². The largest absolute Gasteiger partial charge is 0.430 e. The predicted molar refractivity (Wildman–Crippen MR) is 42.3 cm³/mol. The normalized spacial score (nSPS) is 9.15. The molecule has 0 saturated heterocycles. The number of nitrogens with zero attached hydrogens (tertiary/aromatic N) is 1. The fourth-order valence-electron chi connectivity index (χ4n) is 1.24. The van der Waals surface area contributed by atoms with Gasteiger partial charge in [-0.1, -0.05) is 12.1 Å². The molecule has 0 atom stereocenters. The third-order valence-electron chi connectivity index (χ3n) is 1.88. The number of imide groups is 1. The molecule has 20 heavy (non-hydrogen) atoms. The van der Waals surface area contributed by atoms with E-state index >= 15 is 0 Å². The fourth-order valence-corrected chi connectivity index (χ4v) is 1.24. The summed E-state index contributed by atoms with van der Waals surface area (Å²) in [6, 6.07) is 6.70. The molecule has 1 aliphatic heterocycles. The van der Waals surface area contributed by atoms with Gasteiger partial charge in [-0.25, -0.2) is 7.05 Å². The van der Waals surface area contributed by atoms with Crippen LogP contribution in [-0.2, 0) is 169 Å². The van der Waals surface area contributed by atoms with Crippen LogP contribution in [0.15, 0.2) is 24.3 Å². The minimum absolute atomic E-state index is 0. The molecule has 0 spiro atoms. The van der Waals surface area contributed by atoms with Gasteiger partial charge in [0.1, 0.15) is 0 Å². The van der Waals surface area contributed by atoms with Gasteiger partial charge in [-0.15, -0.1) is 0 Å². The van der Waals surface area contributed by atoms with Gasteiger partial charge in [-0.3, -0.25) is 9.59 Å². The SMILES string of the molecule is [CH2-]N1C(=O)c2ccccc2C1=O.[W].[W].[W].[W].[W].[W].[W].[W]. The quantitative estimate of drug-likeness (QED) is 0.289. The maximum Gasteiger partial charge on any atom is 0.231 e. The Morgan fingerprint density at radius 3 is 1.15 bits per heavy atom. The summed E-state index contributed by atoms with van der Waals surface area (Å²) in [5.41, 5.74) is 0.884. The molecule has 3 nitrogen and oxygen atoms in total. The molecule has 0 saturated carbocycles. The van der Waals surface area contributed by atoms with Crippen molar-refractivity contribution in [1.82, 2.24) is 4.90 Å². The molecule has 1 aromatic rings. The van der Waals surface area contributed by atoms with Gasteiger partial charge < -0.3 is 4.90 Å². The van der Waals surface area contributed by atoms with Gasteiger partial charge in [-0.2, -0.15) is 0 Å². The number of benzene rings is 1. The number of hydrogen-bond acceptors (Lipinski definition) is 2. The van der Waals surface area contributed by atoms with Crippen molar-refractivity contribution in [2.45, 2.75) is 0 Å². The average molecular weight is 1630 g/mol. The van der Waals surface area contributed by atoms with Gasteiger partial charge in [0.2, 0.25) is 11.8 Å². The van der Waals surface area contributed by atoms with E-state index in [9.17, 15) is 9.59 Å². The molecule has 0 radical (unpaired) electrons. The molecular weight excluding hydrogens is 1620 g/mol. The summed E-state index contributed by atoms with van der Waals surface area (Å²) >= 11 is 0. The van der Waals surface area contributed by atoms with Crippen molar-refractivity contribution in [2.24, 2.45) is 0 Å². The molecule has 0 bridgehead atoms. The third-order valence-corrected chi connectivity index (χ3v) is 1.88. The molecule has 108 valence electrons. The van der Waals surface area contributed by atoms with E-state index in [0.717, 1.165) is 4.90 Å². The van der Waals surface area contributed by atoms with Gasteiger partial charge in [0.05, 0.1) is 0 Å². The summed E-state index contributed by atoms with van der Waals surface area (Å²) < 4.78 is 0. The van der Waals surface area contributed by atoms with Crippen molar-refractivity contribution in [3.8, 4) is 0 Å². The predicted octanol–water partition coefficient (Wildman–Crippen LogP) is 1.05. The number of carbonyl (C=O) groups is 2. The molecule has 11 heteroatoms. The zero-order valence-corrected chi connectivity index (χ0v) is 33.0. The number of hydrogen-bond donors (Lipinski definition) is 0. The number of carbonyl (C=O) groups excluding carboxylic acids is 2. The van der Waals surface area contributed by atoms with Crippen LogP contribution in [0.2, 0.25) is 0 Å². The van der Waals surface area contributed by atoms with Crippen LogP contribution in [0.1, 0.15) is 20.7 Å². The molecule has 2 amide bonds. The van der Waals surface area contributed by atoms with E-state index in [2.05, 4.69) is 7.05 Å². The minimum atomic E-state index is -0.324. The Morgan fingerprint density at radius 2 is 0.900 bits per heavy atom. The second kappa shape index (κ2) is 20.9. The molecule has 2 rings (SSSR count). The molecule has 0 aliphatic carbocycles. The first kappa shape index (κ1) is 43.9. The van der Waals surface area contributed by atoms with Crippen molar-refractivity contribution >= 4 is 11.8 Å². The number of fused-ring (bicyclic) bond motifs is 1. The van der Waals surface area contributed by atoms with E-state index in [1.165, 1.54) is 0 Å². The summed E-state index contributed by atoms with van der Waals surface area (Å²) in [6.45, 7) is 0. The zero-order valence-electron chi connectivity index (χ0n) is 9.55. The molecule has 0 N–H and O–H groups in total. The van der Waals surface area contributed by atoms with Gasteiger partial charge >= 0.3 is 0 Å². The van der Waals surface area contributed by atoms with Crippen molar-refractivity contribution < 1.29 is 178 Å². The third kappa shape index (κ3) is 9.99. The van der Waals surface area contributed by atoms with Crippen LogP contribution in [-0.4, -0.2) is 16.7 Å². The second-order valence-corrected chi connectivity index (χ2v) is 2.58. The maximum absolute atomic E-state index is 11.2. The Bertz CT molecular complexity index is 355. The fraction of sp³-hybridized carbons (Fsp3) is 0. The molecule has 0 aromatic heterocycles. The summed E-state index contributed by atoms with van der Waals surface area (Å²) in [5, 5.41) is 0. The Balaban J connectivity index is -0.0000000422. The van der Waals surface area contributed by atoms with Crippen molar-refractivity contribution in [3.05, 3.63) is 42.4 Å². The van der Waals surface area contributed by atoms with Crippen molar-refractivity contribution in [2.75, 3.05) is 0 Å². The molecule has 1 aromatic carbocycles. The summed E-state index contributed by atoms with van der Waals surface area (Å²) in [4.78, 5) is 23.4. The Hall–Kier alpha value is 3.87. The molecule has 1 heterocycles.